The van der Waals surface area contributed by atoms with E-state index in [-0.39, 0.29) is 5.76 Å². The number of oxazole rings is 1. The van der Waals surface area contributed by atoms with Crippen molar-refractivity contribution in [2.45, 2.75) is 6.04 Å². The van der Waals surface area contributed by atoms with Crippen molar-refractivity contribution in [2.75, 3.05) is 0 Å². The third-order valence-corrected chi connectivity index (χ3v) is 1.12. The topological polar surface area (TPSA) is 109 Å². The molecule has 0 amide bonds. The first-order valence-corrected chi connectivity index (χ1v) is 2.78. The van der Waals surface area contributed by atoms with E-state index in [9.17, 15) is 9.59 Å². The highest BCUT2D eigenvalue weighted by atomic mass is 16.4. The van der Waals surface area contributed by atoms with Crippen LogP contribution >= 0.6 is 0 Å². The number of nitrogens with one attached hydrogen (secondary N) is 1. The van der Waals surface area contributed by atoms with Crippen LogP contribution in [-0.4, -0.2) is 16.1 Å². The van der Waals surface area contributed by atoms with Crippen LogP contribution in [0.3, 0.4) is 0 Å². The molecule has 0 radical (unpaired) electrons. The van der Waals surface area contributed by atoms with E-state index in [2.05, 4.69) is 9.40 Å². The summed E-state index contributed by atoms with van der Waals surface area (Å²) < 4.78 is 4.39. The van der Waals surface area contributed by atoms with Gasteiger partial charge < -0.3 is 15.3 Å². The van der Waals surface area contributed by atoms with Gasteiger partial charge in [-0.25, -0.2) is 4.79 Å². The minimum absolute atomic E-state index is 0.0810. The summed E-state index contributed by atoms with van der Waals surface area (Å²) in [6, 6.07) is -1.28. The van der Waals surface area contributed by atoms with Crippen molar-refractivity contribution in [2.24, 2.45) is 5.73 Å². The van der Waals surface area contributed by atoms with Gasteiger partial charge in [-0.1, -0.05) is 0 Å². The highest BCUT2D eigenvalue weighted by Gasteiger charge is 2.17. The lowest BCUT2D eigenvalue weighted by Crippen LogP contribution is -2.20. The number of carboxylic acids is 1. The van der Waals surface area contributed by atoms with Gasteiger partial charge in [0.05, 0.1) is 0 Å². The number of hydrogen-bond acceptors (Lipinski definition) is 4. The molecule has 0 bridgehead atoms. The van der Waals surface area contributed by atoms with Gasteiger partial charge in [0.2, 0.25) is 0 Å². The Balaban J connectivity index is 2.93. The van der Waals surface area contributed by atoms with Crippen molar-refractivity contribution in [1.82, 2.24) is 4.98 Å². The Morgan fingerprint density at radius 3 is 2.82 bits per heavy atom. The van der Waals surface area contributed by atoms with Gasteiger partial charge >= 0.3 is 11.7 Å². The van der Waals surface area contributed by atoms with Crippen LogP contribution in [0, 0.1) is 0 Å². The van der Waals surface area contributed by atoms with Crippen LogP contribution in [-0.2, 0) is 4.79 Å². The fourth-order valence-corrected chi connectivity index (χ4v) is 0.571. The molecule has 11 heavy (non-hydrogen) atoms. The quantitative estimate of drug-likeness (QED) is 0.514. The Kier molecular flexibility index (Phi) is 1.77. The number of aromatic nitrogens is 1. The molecule has 1 heterocycles. The zero-order valence-corrected chi connectivity index (χ0v) is 5.40. The molecule has 4 N–H and O–H groups in total. The van der Waals surface area contributed by atoms with E-state index in [4.69, 9.17) is 10.8 Å². The summed E-state index contributed by atoms with van der Waals surface area (Å²) in [6.07, 6.45) is 1.13. The van der Waals surface area contributed by atoms with E-state index >= 15 is 0 Å². The molecule has 0 aliphatic rings. The molecule has 0 aliphatic heterocycles. The molecule has 1 unspecified atom stereocenters. The van der Waals surface area contributed by atoms with E-state index in [1.165, 1.54) is 0 Å². The molecule has 0 fully saturated rings. The van der Waals surface area contributed by atoms with E-state index in [0.29, 0.717) is 0 Å². The van der Waals surface area contributed by atoms with Crippen molar-refractivity contribution in [3.8, 4) is 0 Å². The molecule has 6 nitrogen and oxygen atoms in total. The second kappa shape index (κ2) is 2.59. The maximum Gasteiger partial charge on any atom is 0.416 e. The molecule has 0 saturated heterocycles. The van der Waals surface area contributed by atoms with Crippen LogP contribution in [0.15, 0.2) is 15.4 Å². The van der Waals surface area contributed by atoms with Crippen molar-refractivity contribution >= 4 is 5.97 Å². The molecule has 6 heteroatoms. The van der Waals surface area contributed by atoms with Gasteiger partial charge in [-0.3, -0.25) is 9.78 Å². The number of aliphatic carboxylic acids is 1. The fraction of sp³-hybridized carbons (Fsp3) is 0.200. The van der Waals surface area contributed by atoms with Crippen LogP contribution in [0.2, 0.25) is 0 Å². The Bertz CT molecular complexity index is 312. The molecule has 60 valence electrons. The van der Waals surface area contributed by atoms with Gasteiger partial charge in [0.25, 0.3) is 0 Å². The number of rotatable bonds is 2. The summed E-state index contributed by atoms with van der Waals surface area (Å²) in [5.74, 6) is -2.04. The highest BCUT2D eigenvalue weighted by Crippen LogP contribution is 2.05. The molecule has 0 spiro atoms. The van der Waals surface area contributed by atoms with Crippen LogP contribution < -0.4 is 11.5 Å². The predicted molar refractivity (Wildman–Crippen MR) is 33.9 cm³/mol. The molecular weight excluding hydrogens is 152 g/mol. The number of carboxylic acid groups (broad SMARTS) is 1. The molecule has 1 atom stereocenters. The van der Waals surface area contributed by atoms with Crippen LogP contribution in [0.25, 0.3) is 0 Å². The minimum atomic E-state index is -1.28. The lowest BCUT2D eigenvalue weighted by Gasteiger charge is -1.98. The maximum absolute atomic E-state index is 10.3. The SMILES string of the molecule is NC(C(=O)O)c1c[nH]c(=O)o1. The van der Waals surface area contributed by atoms with Gasteiger partial charge in [0.15, 0.2) is 11.8 Å². The highest BCUT2D eigenvalue weighted by molar-refractivity contribution is 5.74. The van der Waals surface area contributed by atoms with Crippen LogP contribution in [0.4, 0.5) is 0 Å². The summed E-state index contributed by atoms with van der Waals surface area (Å²) in [7, 11) is 0. The average Bonchev–Trinajstić information content (AvgIpc) is 2.34. The van der Waals surface area contributed by atoms with E-state index in [1.807, 2.05) is 0 Å². The molecule has 0 aromatic carbocycles. The number of aromatic amines is 1. The molecule has 0 saturated carbocycles. The number of H-pyrrole nitrogens is 1. The third-order valence-electron chi connectivity index (χ3n) is 1.12. The van der Waals surface area contributed by atoms with Crippen molar-refractivity contribution in [3.63, 3.8) is 0 Å². The Morgan fingerprint density at radius 1 is 1.82 bits per heavy atom. The Labute approximate surface area is 60.6 Å². The number of hydrogen-bond donors (Lipinski definition) is 3. The summed E-state index contributed by atoms with van der Waals surface area (Å²) in [6.45, 7) is 0. The normalized spacial score (nSPS) is 12.8. The minimum Gasteiger partial charge on any atom is -0.480 e. The average molecular weight is 158 g/mol. The molecular formula is C5H6N2O4. The summed E-state index contributed by atoms with van der Waals surface area (Å²) >= 11 is 0. The lowest BCUT2D eigenvalue weighted by molar-refractivity contribution is -0.139. The molecule has 1 aromatic heterocycles. The second-order valence-corrected chi connectivity index (χ2v) is 1.90. The van der Waals surface area contributed by atoms with Gasteiger partial charge in [0, 0.05) is 6.20 Å². The number of nitrogens with two attached hydrogens (primary N) is 1. The van der Waals surface area contributed by atoms with Crippen LogP contribution in [0.5, 0.6) is 0 Å². The predicted octanol–water partition coefficient (Wildman–Crippen LogP) is -0.948. The first-order chi connectivity index (χ1) is 5.11. The fourth-order valence-electron chi connectivity index (χ4n) is 0.571. The van der Waals surface area contributed by atoms with Crippen molar-refractivity contribution < 1.29 is 14.3 Å². The summed E-state index contributed by atoms with van der Waals surface area (Å²) in [5, 5.41) is 8.34. The first-order valence-electron chi connectivity index (χ1n) is 2.78. The second-order valence-electron chi connectivity index (χ2n) is 1.90. The Morgan fingerprint density at radius 2 is 2.45 bits per heavy atom. The van der Waals surface area contributed by atoms with E-state index in [0.717, 1.165) is 6.20 Å². The monoisotopic (exact) mass is 158 g/mol. The molecule has 0 aliphatic carbocycles. The van der Waals surface area contributed by atoms with E-state index in [1.54, 1.807) is 0 Å². The standard InChI is InChI=1S/C5H6N2O4/c6-3(4(8)9)2-1-7-5(10)11-2/h1,3H,6H2,(H,7,10)(H,8,9). The molecule has 1 rings (SSSR count). The van der Waals surface area contributed by atoms with Crippen LogP contribution in [0.1, 0.15) is 11.8 Å². The smallest absolute Gasteiger partial charge is 0.416 e. The zero-order chi connectivity index (χ0) is 8.43. The van der Waals surface area contributed by atoms with Gasteiger partial charge in [-0.05, 0) is 0 Å². The van der Waals surface area contributed by atoms with Crippen molar-refractivity contribution in [1.29, 1.82) is 0 Å². The first kappa shape index (κ1) is 7.55. The zero-order valence-electron chi connectivity index (χ0n) is 5.40. The lowest BCUT2D eigenvalue weighted by atomic mass is 10.3. The number of carbonyl (C=O) groups is 1. The summed E-state index contributed by atoms with van der Waals surface area (Å²) in [5.41, 5.74) is 5.10. The third kappa shape index (κ3) is 1.47. The Hall–Kier alpha value is -1.56. The molecule has 1 aromatic rings. The van der Waals surface area contributed by atoms with Crippen molar-refractivity contribution in [3.05, 3.63) is 22.5 Å². The largest absolute Gasteiger partial charge is 0.480 e. The van der Waals surface area contributed by atoms with Gasteiger partial charge in [-0.15, -0.1) is 0 Å². The maximum atomic E-state index is 10.3. The summed E-state index contributed by atoms with van der Waals surface area (Å²) in [4.78, 5) is 22.7. The van der Waals surface area contributed by atoms with Gasteiger partial charge in [-0.2, -0.15) is 0 Å². The van der Waals surface area contributed by atoms with E-state index < -0.39 is 17.8 Å². The van der Waals surface area contributed by atoms with Gasteiger partial charge in [0.1, 0.15) is 0 Å².